The molecule has 0 atom stereocenters. The van der Waals surface area contributed by atoms with Crippen LogP contribution in [0.5, 0.6) is 5.75 Å². The van der Waals surface area contributed by atoms with E-state index in [0.717, 1.165) is 24.8 Å². The molecule has 1 aliphatic rings. The van der Waals surface area contributed by atoms with Gasteiger partial charge in [-0.2, -0.15) is 0 Å². The Morgan fingerprint density at radius 3 is 2.72 bits per heavy atom. The zero-order chi connectivity index (χ0) is 25.2. The molecule has 0 bridgehead atoms. The summed E-state index contributed by atoms with van der Waals surface area (Å²) in [6.07, 6.45) is 3.04. The minimum absolute atomic E-state index is 0.106. The number of amides is 2. The Hall–Kier alpha value is -4.34. The number of oxazole rings is 1. The second-order valence-electron chi connectivity index (χ2n) is 8.82. The predicted octanol–water partition coefficient (Wildman–Crippen LogP) is 3.57. The van der Waals surface area contributed by atoms with E-state index < -0.39 is 11.7 Å². The molecule has 0 spiro atoms. The van der Waals surface area contributed by atoms with E-state index in [0.29, 0.717) is 47.1 Å². The molecule has 3 heterocycles. The molecular weight excluding hydrogens is 462 g/mol. The van der Waals surface area contributed by atoms with Crippen LogP contribution in [0.1, 0.15) is 35.4 Å². The van der Waals surface area contributed by atoms with Crippen molar-refractivity contribution in [1.29, 1.82) is 0 Å². The molecule has 1 aliphatic heterocycles. The Labute approximate surface area is 206 Å². The van der Waals surface area contributed by atoms with Crippen LogP contribution in [0.3, 0.4) is 0 Å². The van der Waals surface area contributed by atoms with Gasteiger partial charge in [0, 0.05) is 30.0 Å². The van der Waals surface area contributed by atoms with Crippen LogP contribution in [-0.4, -0.2) is 51.4 Å². The highest BCUT2D eigenvalue weighted by Gasteiger charge is 2.21. The Kier molecular flexibility index (Phi) is 6.32. The molecule has 5 rings (SSSR count). The number of benzene rings is 2. The molecule has 0 unspecified atom stereocenters. The van der Waals surface area contributed by atoms with Gasteiger partial charge in [-0.25, -0.2) is 9.78 Å². The first-order chi connectivity index (χ1) is 17.4. The van der Waals surface area contributed by atoms with Crippen LogP contribution < -0.4 is 15.8 Å². The largest absolute Gasteiger partial charge is 0.497 e. The summed E-state index contributed by atoms with van der Waals surface area (Å²) in [5.74, 6) is 0.104. The number of piperidine rings is 1. The van der Waals surface area contributed by atoms with E-state index in [2.05, 4.69) is 15.3 Å². The number of anilines is 1. The number of ether oxygens (including phenoxy) is 1. The van der Waals surface area contributed by atoms with Crippen molar-refractivity contribution in [2.24, 2.45) is 0 Å². The number of H-pyrrole nitrogens is 1. The van der Waals surface area contributed by atoms with Crippen molar-refractivity contribution in [2.45, 2.75) is 32.7 Å². The van der Waals surface area contributed by atoms with E-state index >= 15 is 0 Å². The third-order valence-electron chi connectivity index (χ3n) is 6.37. The minimum Gasteiger partial charge on any atom is -0.497 e. The first kappa shape index (κ1) is 23.4. The SMILES string of the molecule is COc1cccc(-c2nc(C(=O)Nc3ccc4oc(=O)n(CC(=O)N5CCCCC5)c4c3)c(C)[nH]2)c1. The first-order valence-electron chi connectivity index (χ1n) is 11.9. The maximum absolute atomic E-state index is 13.0. The lowest BCUT2D eigenvalue weighted by atomic mass is 10.1. The van der Waals surface area contributed by atoms with Gasteiger partial charge in [0.25, 0.3) is 5.91 Å². The van der Waals surface area contributed by atoms with E-state index in [-0.39, 0.29) is 18.1 Å². The summed E-state index contributed by atoms with van der Waals surface area (Å²) in [5.41, 5.74) is 2.90. The Morgan fingerprint density at radius 2 is 1.94 bits per heavy atom. The average molecular weight is 490 g/mol. The molecule has 2 aromatic heterocycles. The highest BCUT2D eigenvalue weighted by Crippen LogP contribution is 2.24. The van der Waals surface area contributed by atoms with Crippen LogP contribution in [0, 0.1) is 6.92 Å². The number of rotatable bonds is 6. The van der Waals surface area contributed by atoms with Crippen molar-refractivity contribution >= 4 is 28.6 Å². The highest BCUT2D eigenvalue weighted by atomic mass is 16.5. The number of likely N-dealkylation sites (tertiary alicyclic amines) is 1. The number of carbonyl (C=O) groups is 2. The van der Waals surface area contributed by atoms with Gasteiger partial charge in [-0.15, -0.1) is 0 Å². The molecule has 2 amide bonds. The third-order valence-corrected chi connectivity index (χ3v) is 6.37. The number of aromatic amines is 1. The number of imidazole rings is 1. The zero-order valence-electron chi connectivity index (χ0n) is 20.2. The Morgan fingerprint density at radius 1 is 1.14 bits per heavy atom. The van der Waals surface area contributed by atoms with Gasteiger partial charge in [-0.05, 0) is 56.5 Å². The molecule has 10 nitrogen and oxygen atoms in total. The van der Waals surface area contributed by atoms with E-state index in [4.69, 9.17) is 9.15 Å². The number of aromatic nitrogens is 3. The molecular formula is C26H27N5O5. The number of fused-ring (bicyclic) bond motifs is 1. The van der Waals surface area contributed by atoms with E-state index in [1.54, 1.807) is 37.1 Å². The van der Waals surface area contributed by atoms with Crippen LogP contribution in [0.15, 0.2) is 51.7 Å². The van der Waals surface area contributed by atoms with E-state index in [1.165, 1.54) is 4.57 Å². The second kappa shape index (κ2) is 9.73. The third kappa shape index (κ3) is 4.61. The van der Waals surface area contributed by atoms with Gasteiger partial charge in [0.1, 0.15) is 23.8 Å². The fraction of sp³-hybridized carbons (Fsp3) is 0.308. The molecule has 0 aliphatic carbocycles. The summed E-state index contributed by atoms with van der Waals surface area (Å²) < 4.78 is 11.9. The van der Waals surface area contributed by atoms with E-state index in [9.17, 15) is 14.4 Å². The summed E-state index contributed by atoms with van der Waals surface area (Å²) in [4.78, 5) is 47.6. The predicted molar refractivity (Wildman–Crippen MR) is 134 cm³/mol. The number of methoxy groups -OCH3 is 1. The Balaban J connectivity index is 1.37. The monoisotopic (exact) mass is 489 g/mol. The van der Waals surface area contributed by atoms with Crippen molar-refractivity contribution in [3.05, 3.63) is 64.4 Å². The fourth-order valence-corrected chi connectivity index (χ4v) is 4.45. The van der Waals surface area contributed by atoms with E-state index in [1.807, 2.05) is 24.3 Å². The lowest BCUT2D eigenvalue weighted by Crippen LogP contribution is -2.39. The van der Waals surface area contributed by atoms with Crippen LogP contribution >= 0.6 is 0 Å². The topological polar surface area (TPSA) is 122 Å². The van der Waals surface area contributed by atoms with Crippen LogP contribution in [0.25, 0.3) is 22.5 Å². The lowest BCUT2D eigenvalue weighted by Gasteiger charge is -2.26. The summed E-state index contributed by atoms with van der Waals surface area (Å²) in [7, 11) is 1.59. The summed E-state index contributed by atoms with van der Waals surface area (Å²) >= 11 is 0. The van der Waals surface area contributed by atoms with Gasteiger partial charge in [0.15, 0.2) is 5.58 Å². The van der Waals surface area contributed by atoms with Gasteiger partial charge in [-0.3, -0.25) is 14.2 Å². The molecule has 36 heavy (non-hydrogen) atoms. The smallest absolute Gasteiger partial charge is 0.420 e. The van der Waals surface area contributed by atoms with Crippen molar-refractivity contribution in [2.75, 3.05) is 25.5 Å². The Bertz CT molecular complexity index is 1490. The lowest BCUT2D eigenvalue weighted by molar-refractivity contribution is -0.132. The highest BCUT2D eigenvalue weighted by molar-refractivity contribution is 6.04. The van der Waals surface area contributed by atoms with Gasteiger partial charge in [0.2, 0.25) is 5.91 Å². The fourth-order valence-electron chi connectivity index (χ4n) is 4.45. The molecule has 1 saturated heterocycles. The van der Waals surface area contributed by atoms with Gasteiger partial charge in [0.05, 0.1) is 12.6 Å². The van der Waals surface area contributed by atoms with Crippen molar-refractivity contribution < 1.29 is 18.7 Å². The summed E-state index contributed by atoms with van der Waals surface area (Å²) in [5, 5.41) is 2.83. The van der Waals surface area contributed by atoms with Gasteiger partial charge in [-0.1, -0.05) is 12.1 Å². The number of hydrogen-bond donors (Lipinski definition) is 2. The molecule has 0 saturated carbocycles. The molecule has 186 valence electrons. The van der Waals surface area contributed by atoms with Crippen molar-refractivity contribution in [3.63, 3.8) is 0 Å². The molecule has 1 fully saturated rings. The van der Waals surface area contributed by atoms with Crippen LogP contribution in [0.4, 0.5) is 5.69 Å². The molecule has 2 aromatic carbocycles. The number of aryl methyl sites for hydroxylation is 1. The number of nitrogens with zero attached hydrogens (tertiary/aromatic N) is 3. The zero-order valence-corrected chi connectivity index (χ0v) is 20.2. The summed E-state index contributed by atoms with van der Waals surface area (Å²) in [6.45, 7) is 3.07. The maximum Gasteiger partial charge on any atom is 0.420 e. The second-order valence-corrected chi connectivity index (χ2v) is 8.82. The minimum atomic E-state index is -0.607. The summed E-state index contributed by atoms with van der Waals surface area (Å²) in [6, 6.07) is 12.3. The standard InChI is InChI=1S/C26H27N5O5/c1-16-23(29-24(27-16)17-7-6-8-19(13-17)35-2)25(33)28-18-9-10-21-20(14-18)31(26(34)36-21)15-22(32)30-11-4-3-5-12-30/h6-10,13-14H,3-5,11-12,15H2,1-2H3,(H,27,29)(H,28,33). The van der Waals surface area contributed by atoms with Gasteiger partial charge >= 0.3 is 5.76 Å². The van der Waals surface area contributed by atoms with Gasteiger partial charge < -0.3 is 24.4 Å². The molecule has 0 radical (unpaired) electrons. The number of carbonyl (C=O) groups excluding carboxylic acids is 2. The van der Waals surface area contributed by atoms with Crippen LogP contribution in [0.2, 0.25) is 0 Å². The normalized spacial score (nSPS) is 13.7. The first-order valence-corrected chi connectivity index (χ1v) is 11.9. The van der Waals surface area contributed by atoms with Crippen LogP contribution in [-0.2, 0) is 11.3 Å². The quantitative estimate of drug-likeness (QED) is 0.427. The average Bonchev–Trinajstić information content (AvgIpc) is 3.44. The molecule has 4 aromatic rings. The molecule has 2 N–H and O–H groups in total. The van der Waals surface area contributed by atoms with Crippen molar-refractivity contribution in [1.82, 2.24) is 19.4 Å². The number of hydrogen-bond acceptors (Lipinski definition) is 6. The number of nitrogens with one attached hydrogen (secondary N) is 2. The van der Waals surface area contributed by atoms with Crippen molar-refractivity contribution in [3.8, 4) is 17.1 Å². The molecule has 10 heteroatoms. The maximum atomic E-state index is 13.0.